The van der Waals surface area contributed by atoms with Crippen LogP contribution in [0.5, 0.6) is 0 Å². The molecule has 0 fully saturated rings. The lowest BCUT2D eigenvalue weighted by atomic mass is 10.0. The zero-order valence-corrected chi connectivity index (χ0v) is 9.99. The Morgan fingerprint density at radius 1 is 1.38 bits per heavy atom. The molecule has 0 saturated carbocycles. The van der Waals surface area contributed by atoms with Crippen LogP contribution >= 0.6 is 0 Å². The molecule has 3 nitrogen and oxygen atoms in total. The van der Waals surface area contributed by atoms with Crippen molar-refractivity contribution < 1.29 is 0 Å². The van der Waals surface area contributed by atoms with Crippen LogP contribution in [0.25, 0.3) is 11.4 Å². The third kappa shape index (κ3) is 1.99. The van der Waals surface area contributed by atoms with Crippen molar-refractivity contribution in [1.29, 1.82) is 0 Å². The van der Waals surface area contributed by atoms with Gasteiger partial charge >= 0.3 is 0 Å². The Kier molecular flexibility index (Phi) is 3.06. The van der Waals surface area contributed by atoms with Crippen molar-refractivity contribution in [2.24, 2.45) is 7.05 Å². The molecule has 3 heteroatoms. The molecule has 2 rings (SSSR count). The highest BCUT2D eigenvalue weighted by Gasteiger charge is 2.06. The zero-order chi connectivity index (χ0) is 11.5. The van der Waals surface area contributed by atoms with E-state index in [0.717, 1.165) is 12.4 Å². The minimum absolute atomic E-state index is 0.904. The number of aryl methyl sites for hydroxylation is 2. The van der Waals surface area contributed by atoms with Crippen LogP contribution in [-0.4, -0.2) is 16.6 Å². The minimum atomic E-state index is 0.904. The smallest absolute Gasteiger partial charge is 0.139 e. The van der Waals surface area contributed by atoms with E-state index in [0.29, 0.717) is 0 Å². The van der Waals surface area contributed by atoms with Gasteiger partial charge in [-0.2, -0.15) is 0 Å². The Balaban J connectivity index is 2.40. The topological polar surface area (TPSA) is 29.9 Å². The number of hydrogen-bond donors (Lipinski definition) is 1. The maximum Gasteiger partial charge on any atom is 0.139 e. The van der Waals surface area contributed by atoms with E-state index in [-0.39, 0.29) is 0 Å². The fourth-order valence-corrected chi connectivity index (χ4v) is 1.92. The molecule has 16 heavy (non-hydrogen) atoms. The van der Waals surface area contributed by atoms with E-state index in [4.69, 9.17) is 0 Å². The third-order valence-electron chi connectivity index (χ3n) is 2.73. The van der Waals surface area contributed by atoms with Crippen LogP contribution in [-0.2, 0) is 13.6 Å². The summed E-state index contributed by atoms with van der Waals surface area (Å²) in [5.41, 5.74) is 3.77. The average molecular weight is 215 g/mol. The maximum absolute atomic E-state index is 4.37. The van der Waals surface area contributed by atoms with E-state index in [1.807, 2.05) is 31.1 Å². The van der Waals surface area contributed by atoms with Gasteiger partial charge in [0.2, 0.25) is 0 Å². The van der Waals surface area contributed by atoms with Gasteiger partial charge in [-0.1, -0.05) is 18.2 Å². The second kappa shape index (κ2) is 4.49. The summed E-state index contributed by atoms with van der Waals surface area (Å²) in [6.07, 6.45) is 3.80. The van der Waals surface area contributed by atoms with Gasteiger partial charge in [0.1, 0.15) is 5.82 Å². The summed E-state index contributed by atoms with van der Waals surface area (Å²) in [5.74, 6) is 1.02. The summed E-state index contributed by atoms with van der Waals surface area (Å²) < 4.78 is 2.04. The van der Waals surface area contributed by atoms with Crippen LogP contribution < -0.4 is 5.32 Å². The standard InChI is InChI=1S/C13H17N3/c1-10-8-11(9-14-2)4-5-12(10)13-15-6-7-16(13)3/h4-8,14H,9H2,1-3H3. The van der Waals surface area contributed by atoms with Crippen LogP contribution in [0.15, 0.2) is 30.6 Å². The molecule has 0 spiro atoms. The minimum Gasteiger partial charge on any atom is -0.334 e. The lowest BCUT2D eigenvalue weighted by Crippen LogP contribution is -2.05. The molecule has 1 N–H and O–H groups in total. The maximum atomic E-state index is 4.37. The van der Waals surface area contributed by atoms with Gasteiger partial charge in [0.15, 0.2) is 0 Å². The van der Waals surface area contributed by atoms with Crippen molar-refractivity contribution in [3.8, 4) is 11.4 Å². The van der Waals surface area contributed by atoms with Crippen molar-refractivity contribution in [2.75, 3.05) is 7.05 Å². The van der Waals surface area contributed by atoms with E-state index >= 15 is 0 Å². The van der Waals surface area contributed by atoms with Crippen LogP contribution in [0.2, 0.25) is 0 Å². The number of nitrogens with zero attached hydrogens (tertiary/aromatic N) is 2. The molecular weight excluding hydrogens is 198 g/mol. The first kappa shape index (κ1) is 10.9. The van der Waals surface area contributed by atoms with E-state index in [9.17, 15) is 0 Å². The van der Waals surface area contributed by atoms with Crippen LogP contribution in [0.3, 0.4) is 0 Å². The van der Waals surface area contributed by atoms with Gasteiger partial charge in [0, 0.05) is 31.5 Å². The van der Waals surface area contributed by atoms with E-state index in [1.54, 1.807) is 0 Å². The highest BCUT2D eigenvalue weighted by Crippen LogP contribution is 2.22. The molecule has 0 radical (unpaired) electrons. The quantitative estimate of drug-likeness (QED) is 0.850. The van der Waals surface area contributed by atoms with Crippen LogP contribution in [0.1, 0.15) is 11.1 Å². The molecule has 1 aromatic heterocycles. The van der Waals surface area contributed by atoms with E-state index < -0.39 is 0 Å². The SMILES string of the molecule is CNCc1ccc(-c2nccn2C)c(C)c1. The number of hydrogen-bond acceptors (Lipinski definition) is 2. The van der Waals surface area contributed by atoms with E-state index in [1.165, 1.54) is 16.7 Å². The van der Waals surface area contributed by atoms with Crippen LogP contribution in [0.4, 0.5) is 0 Å². The molecule has 0 aliphatic heterocycles. The van der Waals surface area contributed by atoms with Gasteiger partial charge < -0.3 is 9.88 Å². The highest BCUT2D eigenvalue weighted by atomic mass is 15.0. The van der Waals surface area contributed by atoms with Crippen LogP contribution in [0, 0.1) is 6.92 Å². The first-order chi connectivity index (χ1) is 7.72. The Bertz CT molecular complexity index is 486. The lowest BCUT2D eigenvalue weighted by Gasteiger charge is -2.08. The molecule has 0 saturated heterocycles. The number of rotatable bonds is 3. The highest BCUT2D eigenvalue weighted by molar-refractivity contribution is 5.61. The Morgan fingerprint density at radius 3 is 2.75 bits per heavy atom. The molecule has 2 aromatic rings. The molecule has 84 valence electrons. The van der Waals surface area contributed by atoms with E-state index in [2.05, 4.69) is 35.4 Å². The molecule has 0 atom stereocenters. The molecule has 0 amide bonds. The second-order valence-corrected chi connectivity index (χ2v) is 4.04. The molecule has 1 aromatic carbocycles. The van der Waals surface area contributed by atoms with Crippen molar-refractivity contribution in [3.05, 3.63) is 41.7 Å². The summed E-state index contributed by atoms with van der Waals surface area (Å²) in [7, 11) is 3.98. The number of nitrogens with one attached hydrogen (secondary N) is 1. The predicted molar refractivity (Wildman–Crippen MR) is 66.1 cm³/mol. The largest absolute Gasteiger partial charge is 0.334 e. The Labute approximate surface area is 96.1 Å². The van der Waals surface area contributed by atoms with Gasteiger partial charge in [-0.3, -0.25) is 0 Å². The summed E-state index contributed by atoms with van der Waals surface area (Å²) in [6.45, 7) is 3.03. The molecule has 0 aliphatic carbocycles. The number of aromatic nitrogens is 2. The zero-order valence-electron chi connectivity index (χ0n) is 9.99. The molecule has 0 bridgehead atoms. The average Bonchev–Trinajstić information content (AvgIpc) is 2.65. The second-order valence-electron chi connectivity index (χ2n) is 4.04. The van der Waals surface area contributed by atoms with Gasteiger partial charge in [-0.15, -0.1) is 0 Å². The fourth-order valence-electron chi connectivity index (χ4n) is 1.92. The normalized spacial score (nSPS) is 10.7. The van der Waals surface area contributed by atoms with Gasteiger partial charge in [-0.25, -0.2) is 4.98 Å². The third-order valence-corrected chi connectivity index (χ3v) is 2.73. The number of benzene rings is 1. The Morgan fingerprint density at radius 2 is 2.19 bits per heavy atom. The molecule has 0 unspecified atom stereocenters. The van der Waals surface area contributed by atoms with Crippen molar-refractivity contribution in [2.45, 2.75) is 13.5 Å². The first-order valence-corrected chi connectivity index (χ1v) is 5.44. The van der Waals surface area contributed by atoms with Gasteiger partial charge in [-0.05, 0) is 25.1 Å². The summed E-state index contributed by atoms with van der Waals surface area (Å²) in [4.78, 5) is 4.37. The summed E-state index contributed by atoms with van der Waals surface area (Å²) in [5, 5.41) is 3.16. The summed E-state index contributed by atoms with van der Waals surface area (Å²) in [6, 6.07) is 6.50. The predicted octanol–water partition coefficient (Wildman–Crippen LogP) is 2.11. The van der Waals surface area contributed by atoms with Crippen molar-refractivity contribution in [1.82, 2.24) is 14.9 Å². The fraction of sp³-hybridized carbons (Fsp3) is 0.308. The first-order valence-electron chi connectivity index (χ1n) is 5.44. The molecular formula is C13H17N3. The monoisotopic (exact) mass is 215 g/mol. The number of imidazole rings is 1. The Hall–Kier alpha value is -1.61. The molecule has 0 aliphatic rings. The van der Waals surface area contributed by atoms with Crippen molar-refractivity contribution in [3.63, 3.8) is 0 Å². The lowest BCUT2D eigenvalue weighted by molar-refractivity contribution is 0.817. The van der Waals surface area contributed by atoms with Gasteiger partial charge in [0.25, 0.3) is 0 Å². The molecule has 1 heterocycles. The van der Waals surface area contributed by atoms with Crippen molar-refractivity contribution >= 4 is 0 Å². The van der Waals surface area contributed by atoms with Gasteiger partial charge in [0.05, 0.1) is 0 Å². The summed E-state index contributed by atoms with van der Waals surface area (Å²) >= 11 is 0.